The lowest BCUT2D eigenvalue weighted by molar-refractivity contribution is 0.252. The van der Waals surface area contributed by atoms with E-state index in [2.05, 4.69) is 19.9 Å². The fraction of sp³-hybridized carbons (Fsp3) is 0.765. The number of aliphatic hydroxyl groups is 1. The van der Waals surface area contributed by atoms with E-state index in [1.165, 1.54) is 49.7 Å². The van der Waals surface area contributed by atoms with Gasteiger partial charge >= 0.3 is 0 Å². The van der Waals surface area contributed by atoms with Gasteiger partial charge in [-0.15, -0.1) is 0 Å². The summed E-state index contributed by atoms with van der Waals surface area (Å²) in [4.78, 5) is 0. The lowest BCUT2D eigenvalue weighted by Crippen LogP contribution is -2.09. The summed E-state index contributed by atoms with van der Waals surface area (Å²) in [5, 5.41) is 10.4. The Morgan fingerprint density at radius 2 is 1.83 bits per heavy atom. The van der Waals surface area contributed by atoms with Gasteiger partial charge in [-0.1, -0.05) is 31.9 Å². The van der Waals surface area contributed by atoms with E-state index < -0.39 is 0 Å². The molecule has 0 saturated heterocycles. The van der Waals surface area contributed by atoms with Crippen LogP contribution in [0.5, 0.6) is 0 Å². The minimum absolute atomic E-state index is 0.231. The van der Waals surface area contributed by atoms with Gasteiger partial charge in [0.1, 0.15) is 0 Å². The van der Waals surface area contributed by atoms with Gasteiger partial charge in [0.05, 0.1) is 6.10 Å². The van der Waals surface area contributed by atoms with Crippen molar-refractivity contribution in [2.24, 2.45) is 5.92 Å². The molecule has 1 atom stereocenters. The van der Waals surface area contributed by atoms with Crippen LogP contribution in [0.1, 0.15) is 71.6 Å². The molecule has 0 aromatic carbocycles. The fourth-order valence-electron chi connectivity index (χ4n) is 3.26. The van der Waals surface area contributed by atoms with E-state index in [0.29, 0.717) is 0 Å². The summed E-state index contributed by atoms with van der Waals surface area (Å²) in [5.74, 6) is 0.761. The number of aliphatic hydroxyl groups excluding tert-OH is 1. The van der Waals surface area contributed by atoms with Crippen molar-refractivity contribution in [2.75, 3.05) is 0 Å². The van der Waals surface area contributed by atoms with Gasteiger partial charge in [0.15, 0.2) is 0 Å². The first-order chi connectivity index (χ1) is 8.68. The summed E-state index contributed by atoms with van der Waals surface area (Å²) in [7, 11) is 0. The highest BCUT2D eigenvalue weighted by atomic mass is 16.3. The third-order valence-electron chi connectivity index (χ3n) is 4.43. The second-order valence-electron chi connectivity index (χ2n) is 6.34. The molecule has 0 spiro atoms. The van der Waals surface area contributed by atoms with Crippen LogP contribution in [0.15, 0.2) is 22.8 Å². The number of hydrogen-bond donors (Lipinski definition) is 1. The van der Waals surface area contributed by atoms with E-state index >= 15 is 0 Å². The zero-order valence-electron chi connectivity index (χ0n) is 12.0. The van der Waals surface area contributed by atoms with Crippen molar-refractivity contribution in [1.29, 1.82) is 0 Å². The van der Waals surface area contributed by atoms with Crippen LogP contribution in [0.3, 0.4) is 0 Å². The minimum Gasteiger partial charge on any atom is -0.384 e. The van der Waals surface area contributed by atoms with Gasteiger partial charge in [-0.25, -0.2) is 0 Å². The van der Waals surface area contributed by atoms with Gasteiger partial charge in [-0.2, -0.15) is 0 Å². The molecular formula is C17H28O. The largest absolute Gasteiger partial charge is 0.384 e. The molecule has 0 heterocycles. The van der Waals surface area contributed by atoms with Crippen LogP contribution < -0.4 is 0 Å². The highest BCUT2D eigenvalue weighted by molar-refractivity contribution is 5.34. The molecule has 2 fully saturated rings. The Balaban J connectivity index is 1.97. The van der Waals surface area contributed by atoms with Crippen LogP contribution in [0.25, 0.3) is 0 Å². The maximum atomic E-state index is 10.4. The van der Waals surface area contributed by atoms with E-state index in [4.69, 9.17) is 0 Å². The normalized spacial score (nSPS) is 27.6. The summed E-state index contributed by atoms with van der Waals surface area (Å²) in [6.45, 7) is 4.53. The van der Waals surface area contributed by atoms with Crippen molar-refractivity contribution in [3.8, 4) is 0 Å². The molecule has 0 bridgehead atoms. The van der Waals surface area contributed by atoms with Gasteiger partial charge < -0.3 is 5.11 Å². The summed E-state index contributed by atoms with van der Waals surface area (Å²) in [5.41, 5.74) is 4.26. The first kappa shape index (κ1) is 13.9. The van der Waals surface area contributed by atoms with Crippen LogP contribution >= 0.6 is 0 Å². The first-order valence-electron chi connectivity index (χ1n) is 7.76. The predicted octanol–water partition coefficient (Wildman–Crippen LogP) is 4.76. The van der Waals surface area contributed by atoms with E-state index in [1.54, 1.807) is 5.57 Å². The lowest BCUT2D eigenvalue weighted by atomic mass is 9.89. The molecule has 102 valence electrons. The first-order valence-corrected chi connectivity index (χ1v) is 7.76. The maximum Gasteiger partial charge on any atom is 0.0963 e. The Hall–Kier alpha value is -0.560. The molecule has 2 aliphatic rings. The van der Waals surface area contributed by atoms with E-state index in [1.807, 2.05) is 0 Å². The summed E-state index contributed by atoms with van der Waals surface area (Å²) in [6.07, 6.45) is 13.2. The highest BCUT2D eigenvalue weighted by Gasteiger charge is 2.26. The van der Waals surface area contributed by atoms with Crippen molar-refractivity contribution >= 4 is 0 Å². The molecule has 0 amide bonds. The molecule has 2 saturated carbocycles. The Kier molecular flexibility index (Phi) is 5.05. The number of allylic oxidation sites excluding steroid dienone is 2. The van der Waals surface area contributed by atoms with Crippen molar-refractivity contribution < 1.29 is 5.11 Å². The molecule has 1 unspecified atom stereocenters. The zero-order chi connectivity index (χ0) is 13.0. The highest BCUT2D eigenvalue weighted by Crippen LogP contribution is 2.37. The average molecular weight is 248 g/mol. The molecule has 1 heteroatoms. The topological polar surface area (TPSA) is 20.2 Å². The van der Waals surface area contributed by atoms with Gasteiger partial charge in [-0.05, 0) is 68.4 Å². The summed E-state index contributed by atoms with van der Waals surface area (Å²) >= 11 is 0. The smallest absolute Gasteiger partial charge is 0.0963 e. The van der Waals surface area contributed by atoms with Crippen molar-refractivity contribution in [2.45, 2.75) is 77.7 Å². The minimum atomic E-state index is -0.231. The molecule has 0 aromatic heterocycles. The third kappa shape index (κ3) is 3.47. The number of rotatable bonds is 3. The monoisotopic (exact) mass is 248 g/mol. The van der Waals surface area contributed by atoms with Crippen LogP contribution in [-0.2, 0) is 0 Å². The standard InChI is InChI=1S/C17H28O/c1-13(2)7-6-10-15-11-12-16(17(15)18)14-8-4-3-5-9-14/h10,13,17-18H,3-9,11-12H2,1-2H3. The van der Waals surface area contributed by atoms with Crippen LogP contribution in [0, 0.1) is 5.92 Å². The van der Waals surface area contributed by atoms with Crippen LogP contribution in [0.2, 0.25) is 0 Å². The second-order valence-corrected chi connectivity index (χ2v) is 6.34. The Morgan fingerprint density at radius 1 is 1.11 bits per heavy atom. The Morgan fingerprint density at radius 3 is 2.50 bits per heavy atom. The van der Waals surface area contributed by atoms with Gasteiger partial charge in [0, 0.05) is 0 Å². The molecule has 0 aliphatic heterocycles. The summed E-state index contributed by atoms with van der Waals surface area (Å²) in [6, 6.07) is 0. The zero-order valence-corrected chi connectivity index (χ0v) is 12.0. The van der Waals surface area contributed by atoms with Crippen molar-refractivity contribution in [3.05, 3.63) is 22.8 Å². The summed E-state index contributed by atoms with van der Waals surface area (Å²) < 4.78 is 0. The van der Waals surface area contributed by atoms with E-state index in [-0.39, 0.29) is 6.10 Å². The SMILES string of the molecule is CC(C)CCC=C1CCC(=C2CCCCC2)C1O. The van der Waals surface area contributed by atoms with Crippen molar-refractivity contribution in [3.63, 3.8) is 0 Å². The second kappa shape index (κ2) is 6.56. The van der Waals surface area contributed by atoms with Crippen LogP contribution in [0.4, 0.5) is 0 Å². The molecular weight excluding hydrogens is 220 g/mol. The molecule has 1 nitrogen and oxygen atoms in total. The number of hydrogen-bond acceptors (Lipinski definition) is 1. The molecule has 2 rings (SSSR count). The van der Waals surface area contributed by atoms with Gasteiger partial charge in [0.2, 0.25) is 0 Å². The Bertz CT molecular complexity index is 328. The van der Waals surface area contributed by atoms with E-state index in [0.717, 1.165) is 25.2 Å². The van der Waals surface area contributed by atoms with Gasteiger partial charge in [0.25, 0.3) is 0 Å². The van der Waals surface area contributed by atoms with Crippen LogP contribution in [-0.4, -0.2) is 11.2 Å². The average Bonchev–Trinajstić information content (AvgIpc) is 2.72. The maximum absolute atomic E-state index is 10.4. The molecule has 18 heavy (non-hydrogen) atoms. The fourth-order valence-corrected chi connectivity index (χ4v) is 3.26. The molecule has 0 aromatic rings. The Labute approximate surface area is 112 Å². The van der Waals surface area contributed by atoms with E-state index in [9.17, 15) is 5.11 Å². The quantitative estimate of drug-likeness (QED) is 0.714. The molecule has 2 aliphatic carbocycles. The predicted molar refractivity (Wildman–Crippen MR) is 77.5 cm³/mol. The third-order valence-corrected chi connectivity index (χ3v) is 4.43. The lowest BCUT2D eigenvalue weighted by Gasteiger charge is -2.19. The molecule has 1 N–H and O–H groups in total. The van der Waals surface area contributed by atoms with Gasteiger partial charge in [-0.3, -0.25) is 0 Å². The molecule has 0 radical (unpaired) electrons. The van der Waals surface area contributed by atoms with Crippen molar-refractivity contribution in [1.82, 2.24) is 0 Å².